The Morgan fingerprint density at radius 1 is 0.857 bits per heavy atom. The molecular weight excluding hydrogens is 372 g/mol. The predicted octanol–water partition coefficient (Wildman–Crippen LogP) is 3.13. The molecule has 0 spiro atoms. The van der Waals surface area contributed by atoms with Gasteiger partial charge in [-0.2, -0.15) is 0 Å². The molecule has 0 fully saturated rings. The monoisotopic (exact) mass is 406 g/mol. The first-order chi connectivity index (χ1) is 12.8. The highest BCUT2D eigenvalue weighted by molar-refractivity contribution is 5.75. The first-order valence-electron chi connectivity index (χ1n) is 9.04. The zero-order valence-electron chi connectivity index (χ0n) is 16.1. The zero-order valence-corrected chi connectivity index (χ0v) is 16.1. The van der Waals surface area contributed by atoms with Crippen molar-refractivity contribution in [1.29, 1.82) is 0 Å². The first kappa shape index (κ1) is 28.1. The quantitative estimate of drug-likeness (QED) is 0.304. The summed E-state index contributed by atoms with van der Waals surface area (Å²) in [7, 11) is 1.42. The molecule has 0 saturated carbocycles. The van der Waals surface area contributed by atoms with Gasteiger partial charge in [-0.25, -0.2) is 4.79 Å². The second-order valence-corrected chi connectivity index (χ2v) is 6.09. The summed E-state index contributed by atoms with van der Waals surface area (Å²) in [4.78, 5) is 44.4. The number of rotatable bonds is 16. The van der Waals surface area contributed by atoms with Gasteiger partial charge in [0.2, 0.25) is 0 Å². The van der Waals surface area contributed by atoms with E-state index in [1.54, 1.807) is 0 Å². The minimum absolute atomic E-state index is 0. The molecule has 28 heavy (non-hydrogen) atoms. The molecule has 0 aliphatic heterocycles. The summed E-state index contributed by atoms with van der Waals surface area (Å²) in [6.45, 7) is 1.58. The van der Waals surface area contributed by atoms with E-state index in [2.05, 4.69) is 0 Å². The van der Waals surface area contributed by atoms with E-state index in [1.165, 1.54) is 14.0 Å². The van der Waals surface area contributed by atoms with E-state index < -0.39 is 24.2 Å². The average Bonchev–Trinajstić information content (AvgIpc) is 2.59. The summed E-state index contributed by atoms with van der Waals surface area (Å²) in [6, 6.07) is 0. The summed E-state index contributed by atoms with van der Waals surface area (Å²) in [6.07, 6.45) is 1.93. The van der Waals surface area contributed by atoms with E-state index in [1.807, 2.05) is 0 Å². The lowest BCUT2D eigenvalue weighted by atomic mass is 10.1. The zero-order chi connectivity index (χ0) is 20.5. The number of aliphatic carboxylic acids is 1. The second-order valence-electron chi connectivity index (χ2n) is 6.09. The van der Waals surface area contributed by atoms with E-state index in [0.717, 1.165) is 12.8 Å². The van der Waals surface area contributed by atoms with Crippen LogP contribution in [0.3, 0.4) is 0 Å². The summed E-state index contributed by atoms with van der Waals surface area (Å²) >= 11 is 0. The summed E-state index contributed by atoms with van der Waals surface area (Å²) in [5, 5.41) is 8.54. The molecule has 0 heterocycles. The molecule has 0 bridgehead atoms. The molecule has 0 aromatic rings. The molecule has 0 radical (unpaired) electrons. The number of carbonyl (C=O) groups excluding carboxylic acids is 3. The van der Waals surface area contributed by atoms with E-state index in [9.17, 15) is 19.2 Å². The van der Waals surface area contributed by atoms with Gasteiger partial charge in [-0.05, 0) is 39.0 Å². The van der Waals surface area contributed by atoms with Gasteiger partial charge in [0.25, 0.3) is 0 Å². The smallest absolute Gasteiger partial charge is 0.481 e. The number of carboxylic acid groups (broad SMARTS) is 1. The number of methoxy groups -OCH3 is 1. The van der Waals surface area contributed by atoms with Gasteiger partial charge in [-0.1, -0.05) is 7.43 Å². The van der Waals surface area contributed by atoms with Gasteiger partial charge in [0.1, 0.15) is 12.4 Å². The number of carbonyl (C=O) groups is 4. The van der Waals surface area contributed by atoms with Crippen molar-refractivity contribution in [1.82, 2.24) is 0 Å². The predicted molar refractivity (Wildman–Crippen MR) is 101 cm³/mol. The average molecular weight is 406 g/mol. The molecule has 9 heteroatoms. The highest BCUT2D eigenvalue weighted by Gasteiger charge is 2.17. The molecule has 0 aliphatic carbocycles. The van der Waals surface area contributed by atoms with Crippen LogP contribution in [0.5, 0.6) is 0 Å². The lowest BCUT2D eigenvalue weighted by Gasteiger charge is -2.17. The Labute approximate surface area is 166 Å². The van der Waals surface area contributed by atoms with Gasteiger partial charge in [-0.15, -0.1) is 0 Å². The SMILES string of the molecule is C.COCC(COC(=O)OCCCCCC(C)=O)OC(=O)CCCCC(=O)O. The van der Waals surface area contributed by atoms with Crippen LogP contribution in [0.15, 0.2) is 0 Å². The van der Waals surface area contributed by atoms with Crippen LogP contribution < -0.4 is 0 Å². The Morgan fingerprint density at radius 2 is 1.50 bits per heavy atom. The van der Waals surface area contributed by atoms with Gasteiger partial charge in [0.05, 0.1) is 13.2 Å². The minimum atomic E-state index is -0.911. The molecule has 1 N–H and O–H groups in total. The third-order valence-electron chi connectivity index (χ3n) is 3.45. The number of ketones is 1. The van der Waals surface area contributed by atoms with Crippen LogP contribution in [-0.4, -0.2) is 62.0 Å². The second kappa shape index (κ2) is 18.2. The number of Topliss-reactive ketones (excluding diaryl/α,β-unsaturated/α-hetero) is 1. The summed E-state index contributed by atoms with van der Waals surface area (Å²) in [5.74, 6) is -1.28. The van der Waals surface area contributed by atoms with E-state index in [-0.39, 0.29) is 45.9 Å². The number of unbranched alkanes of at least 4 members (excludes halogenated alkanes) is 3. The molecule has 0 aromatic carbocycles. The van der Waals surface area contributed by atoms with Gasteiger partial charge < -0.3 is 28.8 Å². The van der Waals surface area contributed by atoms with Gasteiger partial charge in [-0.3, -0.25) is 9.59 Å². The lowest BCUT2D eigenvalue weighted by Crippen LogP contribution is -2.29. The van der Waals surface area contributed by atoms with Crippen LogP contribution >= 0.6 is 0 Å². The maximum absolute atomic E-state index is 11.7. The van der Waals surface area contributed by atoms with Crippen molar-refractivity contribution in [3.8, 4) is 0 Å². The number of esters is 1. The Hall–Kier alpha value is -2.16. The molecule has 0 amide bonds. The van der Waals surface area contributed by atoms with Crippen LogP contribution in [0, 0.1) is 0 Å². The van der Waals surface area contributed by atoms with Gasteiger partial charge in [0, 0.05) is 26.4 Å². The first-order valence-corrected chi connectivity index (χ1v) is 9.04. The summed E-state index contributed by atoms with van der Waals surface area (Å²) in [5.41, 5.74) is 0. The van der Waals surface area contributed by atoms with Crippen molar-refractivity contribution in [3.05, 3.63) is 0 Å². The highest BCUT2D eigenvalue weighted by Crippen LogP contribution is 2.05. The molecule has 164 valence electrons. The van der Waals surface area contributed by atoms with Crippen molar-refractivity contribution < 1.29 is 43.2 Å². The van der Waals surface area contributed by atoms with Crippen LogP contribution in [0.1, 0.15) is 65.7 Å². The number of ether oxygens (including phenoxy) is 4. The van der Waals surface area contributed by atoms with Crippen LogP contribution in [0.25, 0.3) is 0 Å². The van der Waals surface area contributed by atoms with Crippen LogP contribution in [-0.2, 0) is 33.3 Å². The Kier molecular flexibility index (Phi) is 18.2. The fraction of sp³-hybridized carbons (Fsp3) is 0.789. The fourth-order valence-electron chi connectivity index (χ4n) is 2.10. The van der Waals surface area contributed by atoms with E-state index in [4.69, 9.17) is 24.1 Å². The normalized spacial score (nSPS) is 11.1. The lowest BCUT2D eigenvalue weighted by molar-refractivity contribution is -0.155. The molecule has 1 atom stereocenters. The number of hydrogen-bond acceptors (Lipinski definition) is 8. The van der Waals surface area contributed by atoms with Gasteiger partial charge in [0.15, 0.2) is 6.10 Å². The fourth-order valence-corrected chi connectivity index (χ4v) is 2.10. The van der Waals surface area contributed by atoms with Crippen LogP contribution in [0.4, 0.5) is 4.79 Å². The molecule has 0 rings (SSSR count). The standard InChI is InChI=1S/C18H30O9.CH4/c1-14(19)8-4-3-7-11-25-18(23)26-13-15(12-24-2)27-17(22)10-6-5-9-16(20)21;/h15H,3-13H2,1-2H3,(H,20,21);1H4. The van der Waals surface area contributed by atoms with Crippen molar-refractivity contribution in [3.63, 3.8) is 0 Å². The minimum Gasteiger partial charge on any atom is -0.481 e. The number of carboxylic acids is 1. The van der Waals surface area contributed by atoms with Crippen molar-refractivity contribution in [2.45, 2.75) is 71.8 Å². The molecular formula is C19H34O9. The topological polar surface area (TPSA) is 125 Å². The van der Waals surface area contributed by atoms with Crippen LogP contribution in [0.2, 0.25) is 0 Å². The molecule has 9 nitrogen and oxygen atoms in total. The van der Waals surface area contributed by atoms with Crippen molar-refractivity contribution >= 4 is 23.9 Å². The Bertz CT molecular complexity index is 462. The third kappa shape index (κ3) is 18.6. The molecule has 0 saturated heterocycles. The van der Waals surface area contributed by atoms with Crippen molar-refractivity contribution in [2.24, 2.45) is 0 Å². The van der Waals surface area contributed by atoms with Gasteiger partial charge >= 0.3 is 18.1 Å². The molecule has 1 unspecified atom stereocenters. The highest BCUT2D eigenvalue weighted by atomic mass is 16.7. The molecule has 0 aliphatic rings. The Morgan fingerprint density at radius 3 is 2.11 bits per heavy atom. The van der Waals surface area contributed by atoms with E-state index in [0.29, 0.717) is 25.7 Å². The molecule has 0 aromatic heterocycles. The largest absolute Gasteiger partial charge is 0.508 e. The maximum atomic E-state index is 11.7. The maximum Gasteiger partial charge on any atom is 0.508 e. The third-order valence-corrected chi connectivity index (χ3v) is 3.45. The van der Waals surface area contributed by atoms with E-state index >= 15 is 0 Å². The number of hydrogen-bond donors (Lipinski definition) is 1. The van der Waals surface area contributed by atoms with Crippen molar-refractivity contribution in [2.75, 3.05) is 26.9 Å². The Balaban J connectivity index is 0. The summed E-state index contributed by atoms with van der Waals surface area (Å²) < 4.78 is 19.9.